The topological polar surface area (TPSA) is 55.4 Å². The molecule has 2 rings (SSSR count). The van der Waals surface area contributed by atoms with Crippen molar-refractivity contribution in [1.82, 2.24) is 5.32 Å². The van der Waals surface area contributed by atoms with E-state index in [-0.39, 0.29) is 24.5 Å². The Kier molecular flexibility index (Phi) is 6.00. The monoisotopic (exact) mass is 323 g/mol. The van der Waals surface area contributed by atoms with Crippen LogP contribution in [0.1, 0.15) is 60.1 Å². The molecule has 0 bridgehead atoms. The maximum absolute atomic E-state index is 12.1. The van der Waals surface area contributed by atoms with Gasteiger partial charge >= 0.3 is 5.97 Å². The van der Waals surface area contributed by atoms with Crippen LogP contribution in [0.25, 0.3) is 0 Å². The van der Waals surface area contributed by atoms with Gasteiger partial charge in [0.1, 0.15) is 4.88 Å². The molecule has 1 aromatic heterocycles. The second-order valence-corrected chi connectivity index (χ2v) is 7.38. The number of fused-ring (bicyclic) bond motifs is 1. The van der Waals surface area contributed by atoms with Gasteiger partial charge in [-0.25, -0.2) is 4.79 Å². The third kappa shape index (κ3) is 4.57. The lowest BCUT2D eigenvalue weighted by Gasteiger charge is -2.16. The van der Waals surface area contributed by atoms with Crippen LogP contribution >= 0.6 is 11.3 Å². The van der Waals surface area contributed by atoms with Gasteiger partial charge in [-0.3, -0.25) is 4.79 Å². The molecule has 0 saturated carbocycles. The van der Waals surface area contributed by atoms with Crippen LogP contribution in [0.4, 0.5) is 0 Å². The molecule has 1 amide bonds. The van der Waals surface area contributed by atoms with E-state index in [1.165, 1.54) is 28.2 Å². The third-order valence-electron chi connectivity index (χ3n) is 3.99. The van der Waals surface area contributed by atoms with Crippen LogP contribution in [0, 0.1) is 5.92 Å². The van der Waals surface area contributed by atoms with Crippen LogP contribution in [0.3, 0.4) is 0 Å². The van der Waals surface area contributed by atoms with Gasteiger partial charge in [-0.05, 0) is 50.2 Å². The number of rotatable bonds is 6. The molecule has 1 aliphatic rings. The summed E-state index contributed by atoms with van der Waals surface area (Å²) < 4.78 is 5.13. The van der Waals surface area contributed by atoms with E-state index in [1.807, 2.05) is 13.0 Å². The molecule has 0 saturated heterocycles. The predicted octanol–water partition coefficient (Wildman–Crippen LogP) is 3.33. The van der Waals surface area contributed by atoms with Crippen molar-refractivity contribution in [3.8, 4) is 0 Å². The van der Waals surface area contributed by atoms with Crippen molar-refractivity contribution in [2.75, 3.05) is 6.61 Å². The van der Waals surface area contributed by atoms with Crippen molar-refractivity contribution >= 4 is 23.2 Å². The van der Waals surface area contributed by atoms with E-state index in [0.717, 1.165) is 25.7 Å². The number of hydrogen-bond acceptors (Lipinski definition) is 4. The first-order chi connectivity index (χ1) is 10.5. The molecule has 0 radical (unpaired) electrons. The first-order valence-electron chi connectivity index (χ1n) is 8.07. The van der Waals surface area contributed by atoms with E-state index in [1.54, 1.807) is 0 Å². The van der Waals surface area contributed by atoms with Crippen molar-refractivity contribution in [2.45, 2.75) is 58.9 Å². The smallest absolute Gasteiger partial charge is 0.348 e. The Morgan fingerprint density at radius 3 is 3.00 bits per heavy atom. The molecule has 4 nitrogen and oxygen atoms in total. The molecule has 1 heterocycles. The number of amides is 1. The summed E-state index contributed by atoms with van der Waals surface area (Å²) in [6.07, 6.45) is 5.20. The fraction of sp³-hybridized carbons (Fsp3) is 0.647. The first-order valence-corrected chi connectivity index (χ1v) is 8.89. The van der Waals surface area contributed by atoms with Gasteiger partial charge in [-0.1, -0.05) is 20.3 Å². The Hall–Kier alpha value is -1.36. The number of thiophene rings is 1. The van der Waals surface area contributed by atoms with Crippen molar-refractivity contribution < 1.29 is 14.3 Å². The van der Waals surface area contributed by atoms with Crippen LogP contribution in [0.15, 0.2) is 6.07 Å². The first kappa shape index (κ1) is 17.0. The van der Waals surface area contributed by atoms with Gasteiger partial charge in [0.15, 0.2) is 6.61 Å². The van der Waals surface area contributed by atoms with Crippen LogP contribution in [-0.2, 0) is 22.4 Å². The van der Waals surface area contributed by atoms with E-state index in [4.69, 9.17) is 4.74 Å². The standard InChI is InChI=1S/C17H25NO3S/c1-4-5-12(3)18-16(19)10-21-17(20)15-9-13-8-11(2)6-7-14(13)22-15/h9,11-12H,4-8,10H2,1-3H3,(H,18,19)/t11-,12+/m1/s1. The summed E-state index contributed by atoms with van der Waals surface area (Å²) in [6.45, 7) is 6.06. The maximum atomic E-state index is 12.1. The van der Waals surface area contributed by atoms with E-state index in [0.29, 0.717) is 10.8 Å². The number of ether oxygens (including phenoxy) is 1. The summed E-state index contributed by atoms with van der Waals surface area (Å²) in [7, 11) is 0. The van der Waals surface area contributed by atoms with Crippen molar-refractivity contribution in [3.05, 3.63) is 21.4 Å². The molecule has 1 aromatic rings. The summed E-state index contributed by atoms with van der Waals surface area (Å²) in [5.41, 5.74) is 1.27. The molecular weight excluding hydrogens is 298 g/mol. The Morgan fingerprint density at radius 1 is 1.50 bits per heavy atom. The normalized spacial score (nSPS) is 18.4. The van der Waals surface area contributed by atoms with Crippen LogP contribution < -0.4 is 5.32 Å². The largest absolute Gasteiger partial charge is 0.451 e. The molecule has 1 aliphatic carbocycles. The van der Waals surface area contributed by atoms with Gasteiger partial charge in [0.25, 0.3) is 5.91 Å². The number of hydrogen-bond donors (Lipinski definition) is 1. The Labute approximate surface area is 136 Å². The van der Waals surface area contributed by atoms with E-state index in [9.17, 15) is 9.59 Å². The van der Waals surface area contributed by atoms with Crippen molar-refractivity contribution in [1.29, 1.82) is 0 Å². The quantitative estimate of drug-likeness (QED) is 0.817. The molecule has 0 fully saturated rings. The molecule has 0 spiro atoms. The van der Waals surface area contributed by atoms with Gasteiger partial charge in [0.05, 0.1) is 0 Å². The van der Waals surface area contributed by atoms with Crippen LogP contribution in [0.2, 0.25) is 0 Å². The molecular formula is C17H25NO3S. The number of carbonyl (C=O) groups is 2. The van der Waals surface area contributed by atoms with Gasteiger partial charge in [-0.2, -0.15) is 0 Å². The summed E-state index contributed by atoms with van der Waals surface area (Å²) in [6, 6.07) is 2.06. The number of esters is 1. The third-order valence-corrected chi connectivity index (χ3v) is 5.21. The van der Waals surface area contributed by atoms with Crippen LogP contribution in [0.5, 0.6) is 0 Å². The summed E-state index contributed by atoms with van der Waals surface area (Å²) >= 11 is 1.51. The lowest BCUT2D eigenvalue weighted by molar-refractivity contribution is -0.124. The highest BCUT2D eigenvalue weighted by molar-refractivity contribution is 7.14. The number of nitrogens with one attached hydrogen (secondary N) is 1. The molecule has 5 heteroatoms. The highest BCUT2D eigenvalue weighted by Crippen LogP contribution is 2.32. The zero-order valence-electron chi connectivity index (χ0n) is 13.6. The maximum Gasteiger partial charge on any atom is 0.348 e. The molecule has 0 unspecified atom stereocenters. The van der Waals surface area contributed by atoms with Gasteiger partial charge in [-0.15, -0.1) is 11.3 Å². The van der Waals surface area contributed by atoms with Gasteiger partial charge in [0.2, 0.25) is 0 Å². The predicted molar refractivity (Wildman–Crippen MR) is 88.3 cm³/mol. The fourth-order valence-electron chi connectivity index (χ4n) is 2.83. The van der Waals surface area contributed by atoms with Gasteiger partial charge < -0.3 is 10.1 Å². The average molecular weight is 323 g/mol. The summed E-state index contributed by atoms with van der Waals surface area (Å²) in [4.78, 5) is 25.7. The van der Waals surface area contributed by atoms with E-state index in [2.05, 4.69) is 19.2 Å². The van der Waals surface area contributed by atoms with E-state index < -0.39 is 0 Å². The Balaban J connectivity index is 1.84. The lowest BCUT2D eigenvalue weighted by atomic mass is 9.90. The van der Waals surface area contributed by atoms with Crippen molar-refractivity contribution in [3.63, 3.8) is 0 Å². The highest BCUT2D eigenvalue weighted by Gasteiger charge is 2.21. The molecule has 22 heavy (non-hydrogen) atoms. The minimum Gasteiger partial charge on any atom is -0.451 e. The summed E-state index contributed by atoms with van der Waals surface area (Å²) in [5.74, 6) is 0.0615. The Morgan fingerprint density at radius 2 is 2.27 bits per heavy atom. The molecule has 0 aliphatic heterocycles. The van der Waals surface area contributed by atoms with E-state index >= 15 is 0 Å². The minimum atomic E-state index is -0.384. The van der Waals surface area contributed by atoms with Crippen LogP contribution in [-0.4, -0.2) is 24.5 Å². The highest BCUT2D eigenvalue weighted by atomic mass is 32.1. The number of carbonyl (C=O) groups excluding carboxylic acids is 2. The molecule has 0 aromatic carbocycles. The minimum absolute atomic E-state index is 0.117. The Bertz CT molecular complexity index is 538. The zero-order valence-corrected chi connectivity index (χ0v) is 14.4. The van der Waals surface area contributed by atoms with Gasteiger partial charge in [0, 0.05) is 10.9 Å². The lowest BCUT2D eigenvalue weighted by Crippen LogP contribution is -2.35. The average Bonchev–Trinajstić information content (AvgIpc) is 2.88. The molecule has 122 valence electrons. The summed E-state index contributed by atoms with van der Waals surface area (Å²) in [5, 5.41) is 2.83. The second-order valence-electron chi connectivity index (χ2n) is 6.24. The SMILES string of the molecule is CCC[C@H](C)NC(=O)COC(=O)c1cc2c(s1)CC[C@@H](C)C2. The number of aryl methyl sites for hydroxylation is 1. The fourth-order valence-corrected chi connectivity index (χ4v) is 3.93. The second kappa shape index (κ2) is 7.77. The molecule has 1 N–H and O–H groups in total. The van der Waals surface area contributed by atoms with Crippen molar-refractivity contribution in [2.24, 2.45) is 5.92 Å². The molecule has 2 atom stereocenters. The zero-order chi connectivity index (χ0) is 16.1.